The third kappa shape index (κ3) is 2.84. The van der Waals surface area contributed by atoms with Gasteiger partial charge in [0, 0.05) is 28.7 Å². The molecular formula is C17H13F2NO. The first-order valence-corrected chi connectivity index (χ1v) is 6.68. The summed E-state index contributed by atoms with van der Waals surface area (Å²) in [5.41, 5.74) is 1.88. The molecule has 3 aromatic rings. The zero-order valence-electron chi connectivity index (χ0n) is 11.2. The van der Waals surface area contributed by atoms with Crippen molar-refractivity contribution in [3.05, 3.63) is 81.6 Å². The van der Waals surface area contributed by atoms with Crippen LogP contribution in [0.15, 0.2) is 53.3 Å². The molecule has 0 saturated heterocycles. The molecule has 1 N–H and O–H groups in total. The Morgan fingerprint density at radius 1 is 0.952 bits per heavy atom. The van der Waals surface area contributed by atoms with Crippen LogP contribution < -0.4 is 5.43 Å². The van der Waals surface area contributed by atoms with E-state index in [9.17, 15) is 13.6 Å². The van der Waals surface area contributed by atoms with Crippen molar-refractivity contribution in [2.45, 2.75) is 12.8 Å². The maximum absolute atomic E-state index is 13.6. The fourth-order valence-electron chi connectivity index (χ4n) is 2.38. The number of benzene rings is 2. The predicted molar refractivity (Wildman–Crippen MR) is 78.3 cm³/mol. The zero-order valence-corrected chi connectivity index (χ0v) is 11.2. The lowest BCUT2D eigenvalue weighted by molar-refractivity contribution is 0.571. The van der Waals surface area contributed by atoms with Crippen LogP contribution >= 0.6 is 0 Å². The SMILES string of the molecule is O=c1cc(CCc2ccc(F)cc2F)[nH]c2ccccc12. The monoisotopic (exact) mass is 285 g/mol. The van der Waals surface area contributed by atoms with Gasteiger partial charge in [-0.05, 0) is 36.6 Å². The van der Waals surface area contributed by atoms with Crippen molar-refractivity contribution in [1.29, 1.82) is 0 Å². The number of hydrogen-bond acceptors (Lipinski definition) is 1. The third-order valence-electron chi connectivity index (χ3n) is 3.47. The second-order valence-corrected chi connectivity index (χ2v) is 4.94. The normalized spacial score (nSPS) is 11.0. The number of rotatable bonds is 3. The van der Waals surface area contributed by atoms with E-state index in [1.807, 2.05) is 18.2 Å². The van der Waals surface area contributed by atoms with Crippen LogP contribution in [0.2, 0.25) is 0 Å². The fourth-order valence-corrected chi connectivity index (χ4v) is 2.38. The van der Waals surface area contributed by atoms with Gasteiger partial charge < -0.3 is 4.98 Å². The Balaban J connectivity index is 1.87. The molecule has 0 bridgehead atoms. The van der Waals surface area contributed by atoms with Crippen molar-refractivity contribution in [2.24, 2.45) is 0 Å². The molecule has 2 nitrogen and oxygen atoms in total. The van der Waals surface area contributed by atoms with Crippen LogP contribution in [-0.4, -0.2) is 4.98 Å². The minimum atomic E-state index is -0.588. The van der Waals surface area contributed by atoms with Crippen molar-refractivity contribution >= 4 is 10.9 Å². The topological polar surface area (TPSA) is 32.9 Å². The average molecular weight is 285 g/mol. The molecule has 0 spiro atoms. The van der Waals surface area contributed by atoms with Gasteiger partial charge in [-0.15, -0.1) is 0 Å². The van der Waals surface area contributed by atoms with Crippen LogP contribution in [0.1, 0.15) is 11.3 Å². The lowest BCUT2D eigenvalue weighted by Crippen LogP contribution is -2.06. The second kappa shape index (κ2) is 5.48. The molecule has 0 aliphatic rings. The lowest BCUT2D eigenvalue weighted by atomic mass is 10.1. The summed E-state index contributed by atoms with van der Waals surface area (Å²) in [4.78, 5) is 15.2. The van der Waals surface area contributed by atoms with E-state index >= 15 is 0 Å². The van der Waals surface area contributed by atoms with Crippen molar-refractivity contribution < 1.29 is 8.78 Å². The highest BCUT2D eigenvalue weighted by Crippen LogP contribution is 2.13. The molecule has 0 amide bonds. The Bertz CT molecular complexity index is 855. The largest absolute Gasteiger partial charge is 0.358 e. The Morgan fingerprint density at radius 3 is 2.57 bits per heavy atom. The standard InChI is InChI=1S/C17H13F2NO/c18-12-7-5-11(15(19)9-12)6-8-13-10-17(21)14-3-1-2-4-16(14)20-13/h1-5,7,9-10H,6,8H2,(H,20,21). The van der Waals surface area contributed by atoms with Crippen LogP contribution in [0, 0.1) is 11.6 Å². The van der Waals surface area contributed by atoms with E-state index in [1.165, 1.54) is 18.2 Å². The number of halogens is 2. The van der Waals surface area contributed by atoms with Crippen LogP contribution in [0.5, 0.6) is 0 Å². The maximum Gasteiger partial charge on any atom is 0.189 e. The summed E-state index contributed by atoms with van der Waals surface area (Å²) in [7, 11) is 0. The molecule has 0 fully saturated rings. The summed E-state index contributed by atoms with van der Waals surface area (Å²) in [6.45, 7) is 0. The van der Waals surface area contributed by atoms with E-state index in [0.29, 0.717) is 23.8 Å². The molecule has 0 unspecified atom stereocenters. The fraction of sp³-hybridized carbons (Fsp3) is 0.118. The first kappa shape index (κ1) is 13.5. The highest BCUT2D eigenvalue weighted by atomic mass is 19.1. The number of aryl methyl sites for hydroxylation is 2. The Kier molecular flexibility index (Phi) is 3.52. The van der Waals surface area contributed by atoms with Crippen LogP contribution in [-0.2, 0) is 12.8 Å². The average Bonchev–Trinajstić information content (AvgIpc) is 2.46. The molecule has 0 atom stereocenters. The lowest BCUT2D eigenvalue weighted by Gasteiger charge is -2.06. The summed E-state index contributed by atoms with van der Waals surface area (Å²) in [5, 5.41) is 0.634. The minimum absolute atomic E-state index is 0.0565. The number of hydrogen-bond donors (Lipinski definition) is 1. The van der Waals surface area contributed by atoms with E-state index in [2.05, 4.69) is 4.98 Å². The molecule has 0 aliphatic heterocycles. The molecule has 106 valence electrons. The van der Waals surface area contributed by atoms with Gasteiger partial charge in [-0.1, -0.05) is 18.2 Å². The van der Waals surface area contributed by atoms with E-state index in [0.717, 1.165) is 17.3 Å². The summed E-state index contributed by atoms with van der Waals surface area (Å²) in [5.74, 6) is -1.14. The minimum Gasteiger partial charge on any atom is -0.358 e. The number of para-hydroxylation sites is 1. The van der Waals surface area contributed by atoms with Crippen molar-refractivity contribution in [2.75, 3.05) is 0 Å². The molecule has 0 radical (unpaired) electrons. The van der Waals surface area contributed by atoms with E-state index in [4.69, 9.17) is 0 Å². The molecule has 0 saturated carbocycles. The molecule has 0 aliphatic carbocycles. The number of nitrogens with one attached hydrogen (secondary N) is 1. The Morgan fingerprint density at radius 2 is 1.76 bits per heavy atom. The van der Waals surface area contributed by atoms with E-state index in [1.54, 1.807) is 6.07 Å². The molecule has 1 heterocycles. The van der Waals surface area contributed by atoms with Gasteiger partial charge in [-0.25, -0.2) is 8.78 Å². The van der Waals surface area contributed by atoms with Gasteiger partial charge in [0.2, 0.25) is 0 Å². The number of H-pyrrole nitrogens is 1. The van der Waals surface area contributed by atoms with Gasteiger partial charge in [0.25, 0.3) is 0 Å². The summed E-state index contributed by atoms with van der Waals surface area (Å²) in [6.07, 6.45) is 0.892. The van der Waals surface area contributed by atoms with Crippen molar-refractivity contribution in [1.82, 2.24) is 4.98 Å². The van der Waals surface area contributed by atoms with Gasteiger partial charge >= 0.3 is 0 Å². The van der Waals surface area contributed by atoms with E-state index < -0.39 is 11.6 Å². The smallest absolute Gasteiger partial charge is 0.189 e. The van der Waals surface area contributed by atoms with Gasteiger partial charge in [0.15, 0.2) is 5.43 Å². The number of fused-ring (bicyclic) bond motifs is 1. The molecule has 3 rings (SSSR count). The number of pyridine rings is 1. The summed E-state index contributed by atoms with van der Waals surface area (Å²) in [6, 6.07) is 12.3. The highest BCUT2D eigenvalue weighted by molar-refractivity contribution is 5.78. The molecular weight excluding hydrogens is 272 g/mol. The zero-order chi connectivity index (χ0) is 14.8. The number of aromatic nitrogens is 1. The van der Waals surface area contributed by atoms with Crippen molar-refractivity contribution in [3.8, 4) is 0 Å². The highest BCUT2D eigenvalue weighted by Gasteiger charge is 2.06. The van der Waals surface area contributed by atoms with Gasteiger partial charge in [0.05, 0.1) is 0 Å². The quantitative estimate of drug-likeness (QED) is 0.783. The van der Waals surface area contributed by atoms with Gasteiger partial charge in [-0.3, -0.25) is 4.79 Å². The van der Waals surface area contributed by atoms with Crippen LogP contribution in [0.4, 0.5) is 8.78 Å². The molecule has 1 aromatic heterocycles. The van der Waals surface area contributed by atoms with Crippen molar-refractivity contribution in [3.63, 3.8) is 0 Å². The summed E-state index contributed by atoms with van der Waals surface area (Å²) < 4.78 is 26.4. The van der Waals surface area contributed by atoms with E-state index in [-0.39, 0.29) is 5.43 Å². The summed E-state index contributed by atoms with van der Waals surface area (Å²) >= 11 is 0. The predicted octanol–water partition coefficient (Wildman–Crippen LogP) is 3.59. The molecule has 2 aromatic carbocycles. The first-order chi connectivity index (χ1) is 10.1. The number of aromatic amines is 1. The van der Waals surface area contributed by atoms with Crippen LogP contribution in [0.3, 0.4) is 0 Å². The molecule has 21 heavy (non-hydrogen) atoms. The van der Waals surface area contributed by atoms with Crippen LogP contribution in [0.25, 0.3) is 10.9 Å². The third-order valence-corrected chi connectivity index (χ3v) is 3.47. The maximum atomic E-state index is 13.6. The van der Waals surface area contributed by atoms with Gasteiger partial charge in [-0.2, -0.15) is 0 Å². The van der Waals surface area contributed by atoms with Gasteiger partial charge in [0.1, 0.15) is 11.6 Å². The first-order valence-electron chi connectivity index (χ1n) is 6.68. The Hall–Kier alpha value is -2.49. The molecule has 4 heteroatoms. The second-order valence-electron chi connectivity index (χ2n) is 4.94. The Labute approximate surface area is 120 Å².